The number of hydrogen-bond donors (Lipinski definition) is 1. The van der Waals surface area contributed by atoms with Crippen LogP contribution < -0.4 is 19.6 Å². The highest BCUT2D eigenvalue weighted by Gasteiger charge is 2.11. The summed E-state index contributed by atoms with van der Waals surface area (Å²) >= 11 is 0. The first-order valence-corrected chi connectivity index (χ1v) is 8.63. The van der Waals surface area contributed by atoms with Gasteiger partial charge in [0.25, 0.3) is 5.91 Å². The highest BCUT2D eigenvalue weighted by atomic mass is 16.5. The summed E-state index contributed by atoms with van der Waals surface area (Å²) in [5.41, 5.74) is 3.79. The molecule has 0 aromatic heterocycles. The number of carbonyl (C=O) groups excluding carboxylic acids is 1. The first-order chi connectivity index (χ1) is 12.7. The van der Waals surface area contributed by atoms with Crippen LogP contribution in [0.15, 0.2) is 47.6 Å². The molecule has 2 aromatic rings. The standard InChI is InChI=1S/C20H24N2O4/c1-4-24-17-9-7-8-15(12-17)14-21-22-20(23)16-10-11-18(25-5-2)19(13-16)26-6-3/h7-14H,4-6H2,1-3H3,(H,22,23)/b21-14+. The monoisotopic (exact) mass is 356 g/mol. The van der Waals surface area contributed by atoms with Gasteiger partial charge in [0.1, 0.15) is 5.75 Å². The largest absolute Gasteiger partial charge is 0.494 e. The zero-order valence-corrected chi connectivity index (χ0v) is 15.3. The molecule has 1 amide bonds. The second kappa shape index (κ2) is 10.1. The van der Waals surface area contributed by atoms with Crippen molar-refractivity contribution in [2.45, 2.75) is 20.8 Å². The number of ether oxygens (including phenoxy) is 3. The van der Waals surface area contributed by atoms with Gasteiger partial charge in [-0.25, -0.2) is 5.43 Å². The van der Waals surface area contributed by atoms with E-state index in [1.165, 1.54) is 0 Å². The first kappa shape index (κ1) is 19.3. The predicted octanol–water partition coefficient (Wildman–Crippen LogP) is 3.65. The van der Waals surface area contributed by atoms with E-state index in [9.17, 15) is 4.79 Å². The van der Waals surface area contributed by atoms with Crippen LogP contribution in [0.1, 0.15) is 36.7 Å². The van der Waals surface area contributed by atoms with Gasteiger partial charge in [-0.05, 0) is 56.7 Å². The topological polar surface area (TPSA) is 69.2 Å². The Morgan fingerprint density at radius 1 is 0.962 bits per heavy atom. The molecule has 0 saturated heterocycles. The Bertz CT molecular complexity index is 759. The van der Waals surface area contributed by atoms with Gasteiger partial charge in [0.15, 0.2) is 11.5 Å². The van der Waals surface area contributed by atoms with Crippen LogP contribution in [0.3, 0.4) is 0 Å². The van der Waals surface area contributed by atoms with Crippen LogP contribution in [-0.4, -0.2) is 31.9 Å². The van der Waals surface area contributed by atoms with Crippen molar-refractivity contribution in [2.75, 3.05) is 19.8 Å². The van der Waals surface area contributed by atoms with Crippen molar-refractivity contribution >= 4 is 12.1 Å². The highest BCUT2D eigenvalue weighted by molar-refractivity contribution is 5.95. The number of carbonyl (C=O) groups is 1. The lowest BCUT2D eigenvalue weighted by atomic mass is 10.2. The van der Waals surface area contributed by atoms with Crippen molar-refractivity contribution in [3.8, 4) is 17.2 Å². The molecule has 138 valence electrons. The fraction of sp³-hybridized carbons (Fsp3) is 0.300. The van der Waals surface area contributed by atoms with Gasteiger partial charge in [0, 0.05) is 5.56 Å². The Balaban J connectivity index is 2.05. The van der Waals surface area contributed by atoms with Crippen molar-refractivity contribution in [3.05, 3.63) is 53.6 Å². The summed E-state index contributed by atoms with van der Waals surface area (Å²) in [4.78, 5) is 12.3. The van der Waals surface area contributed by atoms with Crippen LogP contribution in [0.4, 0.5) is 0 Å². The quantitative estimate of drug-likeness (QED) is 0.550. The SMILES string of the molecule is CCOc1cccc(/C=N/NC(=O)c2ccc(OCC)c(OCC)c2)c1. The Morgan fingerprint density at radius 2 is 1.69 bits per heavy atom. The molecular formula is C20H24N2O4. The lowest BCUT2D eigenvalue weighted by molar-refractivity contribution is 0.0954. The molecule has 0 atom stereocenters. The third-order valence-corrected chi connectivity index (χ3v) is 3.35. The van der Waals surface area contributed by atoms with Crippen LogP contribution >= 0.6 is 0 Å². The maximum absolute atomic E-state index is 12.3. The van der Waals surface area contributed by atoms with E-state index in [4.69, 9.17) is 14.2 Å². The molecule has 0 fully saturated rings. The molecule has 0 saturated carbocycles. The zero-order chi connectivity index (χ0) is 18.8. The second-order valence-electron chi connectivity index (χ2n) is 5.23. The molecule has 0 aliphatic heterocycles. The lowest BCUT2D eigenvalue weighted by Crippen LogP contribution is -2.17. The van der Waals surface area contributed by atoms with Gasteiger partial charge in [-0.3, -0.25) is 4.79 Å². The maximum atomic E-state index is 12.3. The minimum Gasteiger partial charge on any atom is -0.494 e. The molecule has 0 aliphatic rings. The summed E-state index contributed by atoms with van der Waals surface area (Å²) in [5, 5.41) is 4.00. The van der Waals surface area contributed by atoms with Crippen LogP contribution in [-0.2, 0) is 0 Å². The minimum atomic E-state index is -0.328. The minimum absolute atomic E-state index is 0.328. The van der Waals surface area contributed by atoms with E-state index < -0.39 is 0 Å². The predicted molar refractivity (Wildman–Crippen MR) is 101 cm³/mol. The summed E-state index contributed by atoms with van der Waals surface area (Å²) < 4.78 is 16.5. The van der Waals surface area contributed by atoms with E-state index in [0.29, 0.717) is 36.9 Å². The molecule has 2 aromatic carbocycles. The molecule has 2 rings (SSSR count). The van der Waals surface area contributed by atoms with Gasteiger partial charge in [-0.15, -0.1) is 0 Å². The molecular weight excluding hydrogens is 332 g/mol. The number of hydrazone groups is 1. The van der Waals surface area contributed by atoms with Crippen LogP contribution in [0, 0.1) is 0 Å². The lowest BCUT2D eigenvalue weighted by Gasteiger charge is -2.11. The average molecular weight is 356 g/mol. The Labute approximate surface area is 153 Å². The van der Waals surface area contributed by atoms with E-state index in [0.717, 1.165) is 11.3 Å². The number of nitrogens with zero attached hydrogens (tertiary/aromatic N) is 1. The second-order valence-corrected chi connectivity index (χ2v) is 5.23. The van der Waals surface area contributed by atoms with E-state index in [1.54, 1.807) is 24.4 Å². The van der Waals surface area contributed by atoms with Crippen molar-refractivity contribution in [2.24, 2.45) is 5.10 Å². The number of hydrogen-bond acceptors (Lipinski definition) is 5. The molecule has 0 spiro atoms. The zero-order valence-electron chi connectivity index (χ0n) is 15.3. The Kier molecular flexibility index (Phi) is 7.49. The van der Waals surface area contributed by atoms with Crippen molar-refractivity contribution in [3.63, 3.8) is 0 Å². The van der Waals surface area contributed by atoms with Gasteiger partial charge in [0.05, 0.1) is 26.0 Å². The van der Waals surface area contributed by atoms with E-state index in [1.807, 2.05) is 45.0 Å². The smallest absolute Gasteiger partial charge is 0.271 e. The van der Waals surface area contributed by atoms with E-state index >= 15 is 0 Å². The molecule has 0 bridgehead atoms. The first-order valence-electron chi connectivity index (χ1n) is 8.63. The van der Waals surface area contributed by atoms with Crippen molar-refractivity contribution < 1.29 is 19.0 Å². The van der Waals surface area contributed by atoms with E-state index in [2.05, 4.69) is 10.5 Å². The number of benzene rings is 2. The summed E-state index contributed by atoms with van der Waals surface area (Å²) in [6.45, 7) is 7.30. The molecule has 6 nitrogen and oxygen atoms in total. The van der Waals surface area contributed by atoms with E-state index in [-0.39, 0.29) is 5.91 Å². The molecule has 0 radical (unpaired) electrons. The molecule has 0 unspecified atom stereocenters. The molecule has 6 heteroatoms. The highest BCUT2D eigenvalue weighted by Crippen LogP contribution is 2.28. The maximum Gasteiger partial charge on any atom is 0.271 e. The summed E-state index contributed by atoms with van der Waals surface area (Å²) in [7, 11) is 0. The van der Waals surface area contributed by atoms with Crippen LogP contribution in [0.25, 0.3) is 0 Å². The van der Waals surface area contributed by atoms with Crippen molar-refractivity contribution in [1.82, 2.24) is 5.43 Å². The van der Waals surface area contributed by atoms with Gasteiger partial charge in [-0.1, -0.05) is 12.1 Å². The number of rotatable bonds is 9. The molecule has 1 N–H and O–H groups in total. The van der Waals surface area contributed by atoms with Gasteiger partial charge in [0.2, 0.25) is 0 Å². The fourth-order valence-corrected chi connectivity index (χ4v) is 2.27. The average Bonchev–Trinajstić information content (AvgIpc) is 2.64. The van der Waals surface area contributed by atoms with Gasteiger partial charge in [-0.2, -0.15) is 5.10 Å². The summed E-state index contributed by atoms with van der Waals surface area (Å²) in [5.74, 6) is 1.58. The van der Waals surface area contributed by atoms with Gasteiger partial charge >= 0.3 is 0 Å². The van der Waals surface area contributed by atoms with Crippen LogP contribution in [0.5, 0.6) is 17.2 Å². The third-order valence-electron chi connectivity index (χ3n) is 3.35. The third kappa shape index (κ3) is 5.51. The number of amides is 1. The normalized spacial score (nSPS) is 10.6. The van der Waals surface area contributed by atoms with Crippen LogP contribution in [0.2, 0.25) is 0 Å². The summed E-state index contributed by atoms with van der Waals surface area (Å²) in [6.07, 6.45) is 1.57. The Hall–Kier alpha value is -3.02. The summed E-state index contributed by atoms with van der Waals surface area (Å²) in [6, 6.07) is 12.5. The molecule has 26 heavy (non-hydrogen) atoms. The molecule has 0 aliphatic carbocycles. The van der Waals surface area contributed by atoms with Gasteiger partial charge < -0.3 is 14.2 Å². The van der Waals surface area contributed by atoms with Crippen molar-refractivity contribution in [1.29, 1.82) is 0 Å². The number of nitrogens with one attached hydrogen (secondary N) is 1. The Morgan fingerprint density at radius 3 is 2.42 bits per heavy atom. The fourth-order valence-electron chi connectivity index (χ4n) is 2.27. The molecule has 0 heterocycles.